The van der Waals surface area contributed by atoms with Gasteiger partial charge in [-0.05, 0) is 42.8 Å². The zero-order valence-corrected chi connectivity index (χ0v) is 13.4. The Labute approximate surface area is 137 Å². The van der Waals surface area contributed by atoms with Crippen molar-refractivity contribution in [3.63, 3.8) is 0 Å². The van der Waals surface area contributed by atoms with Crippen molar-refractivity contribution in [1.82, 2.24) is 9.78 Å². The molecule has 3 rings (SSSR count). The first kappa shape index (κ1) is 14.5. The van der Waals surface area contributed by atoms with Gasteiger partial charge in [-0.15, -0.1) is 0 Å². The van der Waals surface area contributed by atoms with Crippen LogP contribution in [-0.4, -0.2) is 9.78 Å². The molecule has 0 unspecified atom stereocenters. The second kappa shape index (κ2) is 5.72. The summed E-state index contributed by atoms with van der Waals surface area (Å²) in [5, 5.41) is 6.26. The van der Waals surface area contributed by atoms with Crippen LogP contribution in [0, 0.1) is 6.92 Å². The molecule has 0 aliphatic heterocycles. The van der Waals surface area contributed by atoms with Crippen LogP contribution in [0.1, 0.15) is 5.56 Å². The third-order valence-corrected chi connectivity index (χ3v) is 3.96. The summed E-state index contributed by atoms with van der Waals surface area (Å²) in [6.07, 6.45) is 1.81. The summed E-state index contributed by atoms with van der Waals surface area (Å²) in [4.78, 5) is 0. The van der Waals surface area contributed by atoms with E-state index in [0.717, 1.165) is 22.5 Å². The molecule has 2 nitrogen and oxygen atoms in total. The molecule has 0 aliphatic carbocycles. The number of hydrogen-bond acceptors (Lipinski definition) is 1. The lowest BCUT2D eigenvalue weighted by Gasteiger charge is -2.11. The molecule has 2 aromatic carbocycles. The van der Waals surface area contributed by atoms with Crippen molar-refractivity contribution in [2.45, 2.75) is 6.92 Å². The molecular formula is C16H11Cl3N2. The number of halogens is 3. The lowest BCUT2D eigenvalue weighted by atomic mass is 10.1. The number of aromatic nitrogens is 2. The highest BCUT2D eigenvalue weighted by Crippen LogP contribution is 2.31. The van der Waals surface area contributed by atoms with E-state index in [1.165, 1.54) is 0 Å². The molecule has 21 heavy (non-hydrogen) atoms. The molecule has 0 saturated heterocycles. The molecule has 0 saturated carbocycles. The van der Waals surface area contributed by atoms with Gasteiger partial charge >= 0.3 is 0 Å². The third kappa shape index (κ3) is 2.80. The summed E-state index contributed by atoms with van der Waals surface area (Å²) in [6.45, 7) is 2.00. The van der Waals surface area contributed by atoms with Crippen LogP contribution < -0.4 is 0 Å². The molecule has 0 N–H and O–H groups in total. The van der Waals surface area contributed by atoms with Gasteiger partial charge in [-0.3, -0.25) is 0 Å². The van der Waals surface area contributed by atoms with Crippen molar-refractivity contribution < 1.29 is 0 Å². The van der Waals surface area contributed by atoms with Gasteiger partial charge in [0.15, 0.2) is 0 Å². The standard InChI is InChI=1S/C16H11Cl3N2/c1-10-9-20-21(15-6-5-13(18)8-14(15)19)16(10)11-3-2-4-12(17)7-11/h2-9H,1H3. The zero-order chi connectivity index (χ0) is 15.0. The monoisotopic (exact) mass is 336 g/mol. The van der Waals surface area contributed by atoms with Crippen LogP contribution in [0.2, 0.25) is 15.1 Å². The summed E-state index contributed by atoms with van der Waals surface area (Å²) in [7, 11) is 0. The van der Waals surface area contributed by atoms with Crippen molar-refractivity contribution in [1.29, 1.82) is 0 Å². The average Bonchev–Trinajstić information content (AvgIpc) is 2.80. The summed E-state index contributed by atoms with van der Waals surface area (Å²) in [5.74, 6) is 0. The van der Waals surface area contributed by atoms with Gasteiger partial charge in [-0.2, -0.15) is 5.10 Å². The van der Waals surface area contributed by atoms with Gasteiger partial charge in [-0.1, -0.05) is 46.9 Å². The van der Waals surface area contributed by atoms with E-state index in [9.17, 15) is 0 Å². The van der Waals surface area contributed by atoms with Gasteiger partial charge in [0.2, 0.25) is 0 Å². The summed E-state index contributed by atoms with van der Waals surface area (Å²) < 4.78 is 1.81. The fourth-order valence-electron chi connectivity index (χ4n) is 2.25. The van der Waals surface area contributed by atoms with Gasteiger partial charge in [0.05, 0.1) is 22.6 Å². The molecule has 0 spiro atoms. The minimum atomic E-state index is 0.550. The second-order valence-corrected chi connectivity index (χ2v) is 5.97. The van der Waals surface area contributed by atoms with Gasteiger partial charge in [0, 0.05) is 15.6 Å². The first-order valence-electron chi connectivity index (χ1n) is 6.32. The predicted octanol–water partition coefficient (Wildman–Crippen LogP) is 5.81. The van der Waals surface area contributed by atoms with Crippen LogP contribution in [0.4, 0.5) is 0 Å². The van der Waals surface area contributed by atoms with Crippen LogP contribution in [0.3, 0.4) is 0 Å². The van der Waals surface area contributed by atoms with Crippen LogP contribution in [-0.2, 0) is 0 Å². The Bertz CT molecular complexity index is 809. The van der Waals surface area contributed by atoms with Crippen LogP contribution in [0.25, 0.3) is 16.9 Å². The summed E-state index contributed by atoms with van der Waals surface area (Å²) >= 11 is 18.3. The Hall–Kier alpha value is -1.48. The fraction of sp³-hybridized carbons (Fsp3) is 0.0625. The fourth-order valence-corrected chi connectivity index (χ4v) is 2.93. The van der Waals surface area contributed by atoms with E-state index >= 15 is 0 Å². The first-order chi connectivity index (χ1) is 10.1. The molecule has 1 aromatic heterocycles. The second-order valence-electron chi connectivity index (χ2n) is 4.69. The van der Waals surface area contributed by atoms with E-state index < -0.39 is 0 Å². The summed E-state index contributed by atoms with van der Waals surface area (Å²) in [5.41, 5.74) is 3.78. The molecule has 0 fully saturated rings. The topological polar surface area (TPSA) is 17.8 Å². The predicted molar refractivity (Wildman–Crippen MR) is 88.8 cm³/mol. The maximum atomic E-state index is 6.29. The molecule has 3 aromatic rings. The molecule has 106 valence electrons. The lowest BCUT2D eigenvalue weighted by molar-refractivity contribution is 0.888. The average molecular weight is 338 g/mol. The Morgan fingerprint density at radius 2 is 1.71 bits per heavy atom. The lowest BCUT2D eigenvalue weighted by Crippen LogP contribution is -2.00. The van der Waals surface area contributed by atoms with Gasteiger partial charge in [0.1, 0.15) is 0 Å². The third-order valence-electron chi connectivity index (χ3n) is 3.19. The normalized spacial score (nSPS) is 10.9. The van der Waals surface area contributed by atoms with E-state index in [1.807, 2.05) is 37.3 Å². The zero-order valence-electron chi connectivity index (χ0n) is 11.1. The van der Waals surface area contributed by atoms with Crippen molar-refractivity contribution in [2.75, 3.05) is 0 Å². The van der Waals surface area contributed by atoms with E-state index in [1.54, 1.807) is 23.0 Å². The smallest absolute Gasteiger partial charge is 0.0840 e. The molecular weight excluding hydrogens is 327 g/mol. The minimum absolute atomic E-state index is 0.550. The molecule has 5 heteroatoms. The van der Waals surface area contributed by atoms with Crippen molar-refractivity contribution in [3.05, 3.63) is 69.3 Å². The molecule has 0 amide bonds. The molecule has 0 bridgehead atoms. The van der Waals surface area contributed by atoms with Gasteiger partial charge < -0.3 is 0 Å². The Balaban J connectivity index is 2.22. The van der Waals surface area contributed by atoms with Crippen LogP contribution in [0.15, 0.2) is 48.7 Å². The van der Waals surface area contributed by atoms with E-state index in [-0.39, 0.29) is 0 Å². The molecule has 1 heterocycles. The largest absolute Gasteiger partial charge is 0.231 e. The highest BCUT2D eigenvalue weighted by Gasteiger charge is 2.14. The van der Waals surface area contributed by atoms with Gasteiger partial charge in [-0.25, -0.2) is 4.68 Å². The number of benzene rings is 2. The number of aryl methyl sites for hydroxylation is 1. The maximum Gasteiger partial charge on any atom is 0.0840 e. The Kier molecular flexibility index (Phi) is 3.94. The Morgan fingerprint density at radius 1 is 0.952 bits per heavy atom. The van der Waals surface area contributed by atoms with Crippen molar-refractivity contribution in [2.24, 2.45) is 0 Å². The van der Waals surface area contributed by atoms with Crippen LogP contribution >= 0.6 is 34.8 Å². The molecule has 0 radical (unpaired) electrons. The van der Waals surface area contributed by atoms with E-state index in [0.29, 0.717) is 15.1 Å². The van der Waals surface area contributed by atoms with E-state index in [4.69, 9.17) is 34.8 Å². The van der Waals surface area contributed by atoms with E-state index in [2.05, 4.69) is 5.10 Å². The first-order valence-corrected chi connectivity index (χ1v) is 7.45. The minimum Gasteiger partial charge on any atom is -0.231 e. The van der Waals surface area contributed by atoms with Crippen molar-refractivity contribution >= 4 is 34.8 Å². The highest BCUT2D eigenvalue weighted by molar-refractivity contribution is 6.35. The molecule has 0 atom stereocenters. The number of hydrogen-bond donors (Lipinski definition) is 0. The maximum absolute atomic E-state index is 6.29. The van der Waals surface area contributed by atoms with Crippen molar-refractivity contribution in [3.8, 4) is 16.9 Å². The SMILES string of the molecule is Cc1cnn(-c2ccc(Cl)cc2Cl)c1-c1cccc(Cl)c1. The quantitative estimate of drug-likeness (QED) is 0.577. The Morgan fingerprint density at radius 3 is 2.43 bits per heavy atom. The van der Waals surface area contributed by atoms with Gasteiger partial charge in [0.25, 0.3) is 0 Å². The number of rotatable bonds is 2. The molecule has 0 aliphatic rings. The highest BCUT2D eigenvalue weighted by atomic mass is 35.5. The van der Waals surface area contributed by atoms with Crippen LogP contribution in [0.5, 0.6) is 0 Å². The number of nitrogens with zero attached hydrogens (tertiary/aromatic N) is 2. The summed E-state index contributed by atoms with van der Waals surface area (Å²) in [6, 6.07) is 13.0.